The number of hydrogen-bond donors (Lipinski definition) is 1. The highest BCUT2D eigenvalue weighted by molar-refractivity contribution is 5.45. The molecule has 110 valence electrons. The Morgan fingerprint density at radius 2 is 1.90 bits per heavy atom. The van der Waals surface area contributed by atoms with Crippen molar-refractivity contribution in [3.63, 3.8) is 0 Å². The van der Waals surface area contributed by atoms with E-state index in [0.29, 0.717) is 13.2 Å². The summed E-state index contributed by atoms with van der Waals surface area (Å²) in [5.41, 5.74) is 8.51. The molecule has 1 unspecified atom stereocenters. The molecule has 0 aliphatic carbocycles. The van der Waals surface area contributed by atoms with Crippen LogP contribution in [0.3, 0.4) is 0 Å². The lowest BCUT2D eigenvalue weighted by atomic mass is 9.99. The third kappa shape index (κ3) is 3.11. The van der Waals surface area contributed by atoms with E-state index in [1.54, 1.807) is 7.11 Å². The van der Waals surface area contributed by atoms with Crippen LogP contribution in [0.4, 0.5) is 0 Å². The number of nitrogens with two attached hydrogens (primary N) is 1. The SMILES string of the molecule is COc1cccc(CC(N)c2ccc3c(c2)OCCO3)c1. The number of benzene rings is 2. The van der Waals surface area contributed by atoms with E-state index < -0.39 is 0 Å². The Kier molecular flexibility index (Phi) is 3.97. The molecule has 3 rings (SSSR count). The van der Waals surface area contributed by atoms with Crippen molar-refractivity contribution in [2.75, 3.05) is 20.3 Å². The van der Waals surface area contributed by atoms with Crippen LogP contribution in [0.5, 0.6) is 17.2 Å². The minimum atomic E-state index is -0.0899. The number of fused-ring (bicyclic) bond motifs is 1. The van der Waals surface area contributed by atoms with Crippen molar-refractivity contribution in [3.05, 3.63) is 53.6 Å². The van der Waals surface area contributed by atoms with Crippen LogP contribution < -0.4 is 19.9 Å². The summed E-state index contributed by atoms with van der Waals surface area (Å²) in [5.74, 6) is 2.42. The molecule has 0 amide bonds. The molecule has 0 spiro atoms. The van der Waals surface area contributed by atoms with Gasteiger partial charge in [0.25, 0.3) is 0 Å². The highest BCUT2D eigenvalue weighted by atomic mass is 16.6. The Morgan fingerprint density at radius 3 is 2.71 bits per heavy atom. The van der Waals surface area contributed by atoms with E-state index in [1.165, 1.54) is 0 Å². The third-order valence-electron chi connectivity index (χ3n) is 3.58. The van der Waals surface area contributed by atoms with E-state index in [1.807, 2.05) is 36.4 Å². The molecule has 0 fully saturated rings. The summed E-state index contributed by atoms with van der Waals surface area (Å²) in [5, 5.41) is 0. The molecule has 1 aliphatic heterocycles. The third-order valence-corrected chi connectivity index (χ3v) is 3.58. The molecule has 4 heteroatoms. The van der Waals surface area contributed by atoms with Crippen LogP contribution in [0.2, 0.25) is 0 Å². The molecule has 1 heterocycles. The van der Waals surface area contributed by atoms with Gasteiger partial charge in [0.2, 0.25) is 0 Å². The van der Waals surface area contributed by atoms with E-state index in [2.05, 4.69) is 6.07 Å². The number of hydrogen-bond acceptors (Lipinski definition) is 4. The monoisotopic (exact) mass is 285 g/mol. The minimum Gasteiger partial charge on any atom is -0.497 e. The molecule has 2 aromatic rings. The largest absolute Gasteiger partial charge is 0.497 e. The fourth-order valence-electron chi connectivity index (χ4n) is 2.46. The summed E-state index contributed by atoms with van der Waals surface area (Å²) in [6, 6.07) is 13.8. The quantitative estimate of drug-likeness (QED) is 0.938. The molecule has 21 heavy (non-hydrogen) atoms. The summed E-state index contributed by atoms with van der Waals surface area (Å²) in [6.07, 6.45) is 0.747. The Labute approximate surface area is 124 Å². The smallest absolute Gasteiger partial charge is 0.161 e. The molecule has 0 radical (unpaired) electrons. The lowest BCUT2D eigenvalue weighted by Crippen LogP contribution is -2.17. The Balaban J connectivity index is 1.76. The minimum absolute atomic E-state index is 0.0899. The van der Waals surface area contributed by atoms with Gasteiger partial charge in [0.1, 0.15) is 19.0 Å². The number of ether oxygens (including phenoxy) is 3. The van der Waals surface area contributed by atoms with E-state index >= 15 is 0 Å². The maximum atomic E-state index is 6.31. The summed E-state index contributed by atoms with van der Waals surface area (Å²) in [6.45, 7) is 1.18. The first-order valence-corrected chi connectivity index (χ1v) is 7.04. The standard InChI is InChI=1S/C17H19NO3/c1-19-14-4-2-3-12(9-14)10-15(18)13-5-6-16-17(11-13)21-8-7-20-16/h2-6,9,11,15H,7-8,10,18H2,1H3. The van der Waals surface area contributed by atoms with Crippen molar-refractivity contribution in [1.29, 1.82) is 0 Å². The van der Waals surface area contributed by atoms with Crippen LogP contribution in [0.25, 0.3) is 0 Å². The highest BCUT2D eigenvalue weighted by Gasteiger charge is 2.15. The van der Waals surface area contributed by atoms with Crippen LogP contribution in [0.1, 0.15) is 17.2 Å². The van der Waals surface area contributed by atoms with E-state index in [4.69, 9.17) is 19.9 Å². The van der Waals surface area contributed by atoms with Gasteiger partial charge in [0.05, 0.1) is 7.11 Å². The van der Waals surface area contributed by atoms with Gasteiger partial charge >= 0.3 is 0 Å². The van der Waals surface area contributed by atoms with Crippen molar-refractivity contribution >= 4 is 0 Å². The van der Waals surface area contributed by atoms with Crippen LogP contribution in [-0.2, 0) is 6.42 Å². The highest BCUT2D eigenvalue weighted by Crippen LogP contribution is 2.33. The molecule has 1 atom stereocenters. The van der Waals surface area contributed by atoms with Gasteiger partial charge < -0.3 is 19.9 Å². The molecule has 0 saturated heterocycles. The Hall–Kier alpha value is -2.20. The van der Waals surface area contributed by atoms with E-state index in [0.717, 1.165) is 34.8 Å². The fourth-order valence-corrected chi connectivity index (χ4v) is 2.46. The summed E-state index contributed by atoms with van der Waals surface area (Å²) >= 11 is 0. The predicted molar refractivity (Wildman–Crippen MR) is 81.1 cm³/mol. The molecule has 0 saturated carbocycles. The molecular weight excluding hydrogens is 266 g/mol. The molecule has 0 aromatic heterocycles. The first kappa shape index (κ1) is 13.8. The van der Waals surface area contributed by atoms with Crippen molar-refractivity contribution in [2.24, 2.45) is 5.73 Å². The number of rotatable bonds is 4. The van der Waals surface area contributed by atoms with E-state index in [-0.39, 0.29) is 6.04 Å². The van der Waals surface area contributed by atoms with Crippen LogP contribution >= 0.6 is 0 Å². The molecule has 2 N–H and O–H groups in total. The van der Waals surface area contributed by atoms with Crippen molar-refractivity contribution in [1.82, 2.24) is 0 Å². The number of methoxy groups -OCH3 is 1. The van der Waals surface area contributed by atoms with Gasteiger partial charge in [0, 0.05) is 6.04 Å². The maximum Gasteiger partial charge on any atom is 0.161 e. The predicted octanol–water partition coefficient (Wildman–Crippen LogP) is 2.71. The van der Waals surface area contributed by atoms with Gasteiger partial charge in [-0.1, -0.05) is 18.2 Å². The summed E-state index contributed by atoms with van der Waals surface area (Å²) < 4.78 is 16.4. The van der Waals surface area contributed by atoms with Crippen LogP contribution in [0.15, 0.2) is 42.5 Å². The maximum absolute atomic E-state index is 6.31. The van der Waals surface area contributed by atoms with Gasteiger partial charge in [-0.15, -0.1) is 0 Å². The average Bonchev–Trinajstić information content (AvgIpc) is 2.54. The second-order valence-corrected chi connectivity index (χ2v) is 5.07. The van der Waals surface area contributed by atoms with Crippen molar-refractivity contribution < 1.29 is 14.2 Å². The second-order valence-electron chi connectivity index (χ2n) is 5.07. The first-order valence-electron chi connectivity index (χ1n) is 7.04. The van der Waals surface area contributed by atoms with Gasteiger partial charge in [-0.05, 0) is 41.8 Å². The van der Waals surface area contributed by atoms with E-state index in [9.17, 15) is 0 Å². The zero-order valence-electron chi connectivity index (χ0n) is 12.0. The van der Waals surface area contributed by atoms with Crippen LogP contribution in [0, 0.1) is 0 Å². The van der Waals surface area contributed by atoms with Crippen molar-refractivity contribution in [3.8, 4) is 17.2 Å². The van der Waals surface area contributed by atoms with Crippen LogP contribution in [-0.4, -0.2) is 20.3 Å². The van der Waals surface area contributed by atoms with Gasteiger partial charge in [0.15, 0.2) is 11.5 Å². The Morgan fingerprint density at radius 1 is 1.10 bits per heavy atom. The van der Waals surface area contributed by atoms with Gasteiger partial charge in [-0.2, -0.15) is 0 Å². The fraction of sp³-hybridized carbons (Fsp3) is 0.294. The zero-order chi connectivity index (χ0) is 14.7. The molecule has 4 nitrogen and oxygen atoms in total. The normalized spacial score (nSPS) is 14.6. The zero-order valence-corrected chi connectivity index (χ0v) is 12.0. The lowest BCUT2D eigenvalue weighted by molar-refractivity contribution is 0.171. The summed E-state index contributed by atoms with van der Waals surface area (Å²) in [7, 11) is 1.67. The molecule has 1 aliphatic rings. The van der Waals surface area contributed by atoms with Gasteiger partial charge in [-0.3, -0.25) is 0 Å². The second kappa shape index (κ2) is 6.06. The lowest BCUT2D eigenvalue weighted by Gasteiger charge is -2.20. The van der Waals surface area contributed by atoms with Crippen molar-refractivity contribution in [2.45, 2.75) is 12.5 Å². The molecule has 0 bridgehead atoms. The molecule has 2 aromatic carbocycles. The first-order chi connectivity index (χ1) is 10.3. The average molecular weight is 285 g/mol. The van der Waals surface area contributed by atoms with Gasteiger partial charge in [-0.25, -0.2) is 0 Å². The topological polar surface area (TPSA) is 53.7 Å². The summed E-state index contributed by atoms with van der Waals surface area (Å²) in [4.78, 5) is 0. The Bertz CT molecular complexity index is 627. The molecular formula is C17H19NO3.